The van der Waals surface area contributed by atoms with Gasteiger partial charge in [-0.15, -0.1) is 0 Å². The molecule has 2 saturated heterocycles. The lowest BCUT2D eigenvalue weighted by Crippen LogP contribution is -2.44. The number of nitrogens with zero attached hydrogens (tertiary/aromatic N) is 1. The van der Waals surface area contributed by atoms with Crippen LogP contribution >= 0.6 is 0 Å². The van der Waals surface area contributed by atoms with Crippen molar-refractivity contribution < 1.29 is 22.7 Å². The fourth-order valence-corrected chi connectivity index (χ4v) is 4.18. The van der Waals surface area contributed by atoms with Crippen molar-refractivity contribution in [1.29, 1.82) is 0 Å². The van der Waals surface area contributed by atoms with Crippen LogP contribution in [-0.4, -0.2) is 63.7 Å². The summed E-state index contributed by atoms with van der Waals surface area (Å²) in [5, 5.41) is 2.97. The Balaban J connectivity index is 1.50. The number of amides is 2. The monoisotopic (exact) mass is 409 g/mol. The van der Waals surface area contributed by atoms with E-state index >= 15 is 0 Å². The van der Waals surface area contributed by atoms with Gasteiger partial charge in [0.2, 0.25) is 15.9 Å². The highest BCUT2D eigenvalue weighted by Crippen LogP contribution is 2.21. The average molecular weight is 410 g/mol. The first kappa shape index (κ1) is 20.6. The predicted octanol–water partition coefficient (Wildman–Crippen LogP) is 1.21. The molecule has 1 aromatic carbocycles. The summed E-state index contributed by atoms with van der Waals surface area (Å²) in [6.07, 6.45) is 4.45. The SMILES string of the molecule is CS(=O)(=O)Nc1cccc(C(=O)N2CCC(C(=O)NCC3CCCO3)CC2)c1. The van der Waals surface area contributed by atoms with Gasteiger partial charge in [-0.3, -0.25) is 14.3 Å². The van der Waals surface area contributed by atoms with Gasteiger partial charge in [-0.05, 0) is 43.9 Å². The first-order valence-corrected chi connectivity index (χ1v) is 11.5. The third kappa shape index (κ3) is 5.68. The minimum Gasteiger partial charge on any atom is -0.376 e. The van der Waals surface area contributed by atoms with E-state index in [0.29, 0.717) is 43.7 Å². The van der Waals surface area contributed by atoms with E-state index in [1.54, 1.807) is 23.1 Å². The predicted molar refractivity (Wildman–Crippen MR) is 106 cm³/mol. The second kappa shape index (κ2) is 8.91. The van der Waals surface area contributed by atoms with E-state index in [1.165, 1.54) is 6.07 Å². The molecule has 8 nitrogen and oxygen atoms in total. The summed E-state index contributed by atoms with van der Waals surface area (Å²) >= 11 is 0. The summed E-state index contributed by atoms with van der Waals surface area (Å²) in [6.45, 7) is 2.32. The van der Waals surface area contributed by atoms with Crippen molar-refractivity contribution >= 4 is 27.5 Å². The lowest BCUT2D eigenvalue weighted by molar-refractivity contribution is -0.126. The van der Waals surface area contributed by atoms with Crippen molar-refractivity contribution in [3.8, 4) is 0 Å². The molecular weight excluding hydrogens is 382 g/mol. The third-order valence-electron chi connectivity index (χ3n) is 5.09. The van der Waals surface area contributed by atoms with Crippen molar-refractivity contribution in [1.82, 2.24) is 10.2 Å². The number of piperidine rings is 1. The highest BCUT2D eigenvalue weighted by atomic mass is 32.2. The number of ether oxygens (including phenoxy) is 1. The molecule has 1 aromatic rings. The normalized spacial score (nSPS) is 20.8. The Morgan fingerprint density at radius 3 is 2.61 bits per heavy atom. The number of hydrogen-bond donors (Lipinski definition) is 2. The Morgan fingerprint density at radius 1 is 1.21 bits per heavy atom. The minimum absolute atomic E-state index is 0.0296. The molecule has 2 aliphatic heterocycles. The average Bonchev–Trinajstić information content (AvgIpc) is 3.18. The Hall–Kier alpha value is -2.13. The van der Waals surface area contributed by atoms with Gasteiger partial charge in [0.25, 0.3) is 5.91 Å². The van der Waals surface area contributed by atoms with Crippen LogP contribution in [0.3, 0.4) is 0 Å². The first-order valence-electron chi connectivity index (χ1n) is 9.58. The quantitative estimate of drug-likeness (QED) is 0.735. The minimum atomic E-state index is -3.40. The lowest BCUT2D eigenvalue weighted by atomic mass is 9.95. The van der Waals surface area contributed by atoms with Crippen LogP contribution in [0.1, 0.15) is 36.0 Å². The molecule has 2 amide bonds. The van der Waals surface area contributed by atoms with Crippen LogP contribution in [-0.2, 0) is 19.6 Å². The van der Waals surface area contributed by atoms with Crippen molar-refractivity contribution in [3.05, 3.63) is 29.8 Å². The van der Waals surface area contributed by atoms with Gasteiger partial charge in [0.1, 0.15) is 0 Å². The molecule has 0 bridgehead atoms. The number of sulfonamides is 1. The van der Waals surface area contributed by atoms with E-state index in [9.17, 15) is 18.0 Å². The summed E-state index contributed by atoms with van der Waals surface area (Å²) < 4.78 is 30.6. The van der Waals surface area contributed by atoms with Crippen LogP contribution in [0.15, 0.2) is 24.3 Å². The molecule has 9 heteroatoms. The van der Waals surface area contributed by atoms with E-state index in [4.69, 9.17) is 4.74 Å². The van der Waals surface area contributed by atoms with Gasteiger partial charge in [0.15, 0.2) is 0 Å². The van der Waals surface area contributed by atoms with E-state index in [1.807, 2.05) is 0 Å². The number of rotatable bonds is 6. The molecule has 2 aliphatic rings. The Bertz CT molecular complexity index is 813. The Morgan fingerprint density at radius 2 is 1.96 bits per heavy atom. The third-order valence-corrected chi connectivity index (χ3v) is 5.70. The zero-order chi connectivity index (χ0) is 20.1. The zero-order valence-corrected chi connectivity index (χ0v) is 16.8. The number of benzene rings is 1. The molecule has 3 rings (SSSR count). The van der Waals surface area contributed by atoms with Crippen molar-refractivity contribution in [2.45, 2.75) is 31.8 Å². The second-order valence-electron chi connectivity index (χ2n) is 7.40. The van der Waals surface area contributed by atoms with E-state index in [2.05, 4.69) is 10.0 Å². The maximum absolute atomic E-state index is 12.7. The molecule has 28 heavy (non-hydrogen) atoms. The van der Waals surface area contributed by atoms with Crippen LogP contribution in [0.25, 0.3) is 0 Å². The largest absolute Gasteiger partial charge is 0.376 e. The van der Waals surface area contributed by atoms with Gasteiger partial charge in [0.05, 0.1) is 12.4 Å². The van der Waals surface area contributed by atoms with Crippen molar-refractivity contribution in [3.63, 3.8) is 0 Å². The molecule has 0 aliphatic carbocycles. The maximum atomic E-state index is 12.7. The summed E-state index contributed by atoms with van der Waals surface area (Å²) in [5.41, 5.74) is 0.784. The van der Waals surface area contributed by atoms with Crippen molar-refractivity contribution in [2.75, 3.05) is 37.2 Å². The fraction of sp³-hybridized carbons (Fsp3) is 0.579. The van der Waals surface area contributed by atoms with Crippen molar-refractivity contribution in [2.24, 2.45) is 5.92 Å². The second-order valence-corrected chi connectivity index (χ2v) is 9.15. The molecule has 0 radical (unpaired) electrons. The summed E-state index contributed by atoms with van der Waals surface area (Å²) in [6, 6.07) is 6.44. The maximum Gasteiger partial charge on any atom is 0.253 e. The Kier molecular flexibility index (Phi) is 6.56. The van der Waals surface area contributed by atoms with E-state index < -0.39 is 10.0 Å². The van der Waals surface area contributed by atoms with Gasteiger partial charge in [-0.2, -0.15) is 0 Å². The highest BCUT2D eigenvalue weighted by molar-refractivity contribution is 7.92. The zero-order valence-electron chi connectivity index (χ0n) is 16.0. The van der Waals surface area contributed by atoms with Crippen LogP contribution < -0.4 is 10.0 Å². The number of hydrogen-bond acceptors (Lipinski definition) is 5. The van der Waals surface area contributed by atoms with Crippen LogP contribution in [0.4, 0.5) is 5.69 Å². The highest BCUT2D eigenvalue weighted by Gasteiger charge is 2.28. The van der Waals surface area contributed by atoms with Gasteiger partial charge in [-0.1, -0.05) is 6.07 Å². The number of anilines is 1. The number of nitrogens with one attached hydrogen (secondary N) is 2. The number of carbonyl (C=O) groups is 2. The molecule has 1 atom stereocenters. The molecule has 0 saturated carbocycles. The van der Waals surface area contributed by atoms with Gasteiger partial charge < -0.3 is 15.0 Å². The molecule has 1 unspecified atom stereocenters. The lowest BCUT2D eigenvalue weighted by Gasteiger charge is -2.31. The van der Waals surface area contributed by atoms with Crippen LogP contribution in [0, 0.1) is 5.92 Å². The first-order chi connectivity index (χ1) is 13.3. The summed E-state index contributed by atoms with van der Waals surface area (Å²) in [5.74, 6) is -0.221. The molecule has 154 valence electrons. The molecule has 0 spiro atoms. The standard InChI is InChI=1S/C19H27N3O5S/c1-28(25,26)21-16-5-2-4-15(12-16)19(24)22-9-7-14(8-10-22)18(23)20-13-17-6-3-11-27-17/h2,4-5,12,14,17,21H,3,6-11,13H2,1H3,(H,20,23). The number of carbonyl (C=O) groups excluding carboxylic acids is 2. The number of likely N-dealkylation sites (tertiary alicyclic amines) is 1. The van der Waals surface area contributed by atoms with E-state index in [0.717, 1.165) is 25.7 Å². The summed E-state index contributed by atoms with van der Waals surface area (Å²) in [4.78, 5) is 26.8. The van der Waals surface area contributed by atoms with Gasteiger partial charge >= 0.3 is 0 Å². The summed E-state index contributed by atoms with van der Waals surface area (Å²) in [7, 11) is -3.40. The molecule has 2 N–H and O–H groups in total. The van der Waals surface area contributed by atoms with Gasteiger partial charge in [-0.25, -0.2) is 8.42 Å². The molecule has 0 aromatic heterocycles. The topological polar surface area (TPSA) is 105 Å². The molecule has 2 heterocycles. The Labute approximate surface area is 165 Å². The van der Waals surface area contributed by atoms with Crippen LogP contribution in [0.2, 0.25) is 0 Å². The smallest absolute Gasteiger partial charge is 0.253 e. The molecular formula is C19H27N3O5S. The fourth-order valence-electron chi connectivity index (χ4n) is 3.62. The molecule has 2 fully saturated rings. The van der Waals surface area contributed by atoms with Gasteiger partial charge in [0, 0.05) is 43.4 Å². The van der Waals surface area contributed by atoms with E-state index in [-0.39, 0.29) is 23.8 Å². The van der Waals surface area contributed by atoms with Crippen LogP contribution in [0.5, 0.6) is 0 Å².